The topological polar surface area (TPSA) is 113 Å². The van der Waals surface area contributed by atoms with Gasteiger partial charge in [-0.2, -0.15) is 0 Å². The summed E-state index contributed by atoms with van der Waals surface area (Å²) in [6.45, 7) is 0.747. The molecule has 1 fully saturated rings. The van der Waals surface area contributed by atoms with Crippen molar-refractivity contribution in [2.75, 3.05) is 27.4 Å². The third-order valence-electron chi connectivity index (χ3n) is 4.46. The van der Waals surface area contributed by atoms with E-state index in [1.807, 2.05) is 0 Å². The van der Waals surface area contributed by atoms with Crippen molar-refractivity contribution in [3.8, 4) is 11.6 Å². The van der Waals surface area contributed by atoms with Gasteiger partial charge in [0.15, 0.2) is 0 Å². The monoisotopic (exact) mass is 359 g/mol. The summed E-state index contributed by atoms with van der Waals surface area (Å²) in [5.41, 5.74) is 5.69. The lowest BCUT2D eigenvalue weighted by atomic mass is 10.0. The first-order valence-electron chi connectivity index (χ1n) is 8.21. The predicted octanol–water partition coefficient (Wildman–Crippen LogP) is 0.872. The van der Waals surface area contributed by atoms with Crippen LogP contribution in [0.25, 0.3) is 10.8 Å². The zero-order valence-corrected chi connectivity index (χ0v) is 14.7. The highest BCUT2D eigenvalue weighted by Crippen LogP contribution is 2.31. The molecule has 3 rings (SSSR count). The van der Waals surface area contributed by atoms with Crippen molar-refractivity contribution in [1.29, 1.82) is 0 Å². The number of carbonyl (C=O) groups is 2. The zero-order valence-electron chi connectivity index (χ0n) is 14.7. The van der Waals surface area contributed by atoms with Crippen molar-refractivity contribution in [3.05, 3.63) is 30.0 Å². The number of rotatable bonds is 7. The molecule has 0 unspecified atom stereocenters. The fourth-order valence-electron chi connectivity index (χ4n) is 3.15. The third-order valence-corrected chi connectivity index (χ3v) is 4.46. The van der Waals surface area contributed by atoms with Crippen LogP contribution < -0.4 is 20.5 Å². The summed E-state index contributed by atoms with van der Waals surface area (Å²) in [5, 5.41) is 4.35. The van der Waals surface area contributed by atoms with Crippen LogP contribution in [0.2, 0.25) is 0 Å². The van der Waals surface area contributed by atoms with E-state index in [1.54, 1.807) is 31.5 Å². The molecule has 2 atom stereocenters. The molecule has 1 aliphatic rings. The fraction of sp³-hybridized carbons (Fsp3) is 0.389. The standard InChI is InChI=1S/C18H21N3O5/c1-24-8-11-6-16(22)21-14(11)9-26-18-12-7-15(25-2)13(17(19)23)5-10(12)3-4-20-18/h3-5,7,11,14H,6,8-9H2,1-2H3,(H2,19,23)(H,21,22)/t11-,14+/m0/s1. The number of carbonyl (C=O) groups excluding carboxylic acids is 2. The average Bonchev–Trinajstić information content (AvgIpc) is 2.98. The van der Waals surface area contributed by atoms with Gasteiger partial charge in [0.05, 0.1) is 25.3 Å². The minimum Gasteiger partial charge on any atom is -0.496 e. The lowest BCUT2D eigenvalue weighted by Gasteiger charge is -2.19. The number of hydrogen-bond acceptors (Lipinski definition) is 6. The second-order valence-electron chi connectivity index (χ2n) is 6.16. The normalized spacial score (nSPS) is 19.4. The van der Waals surface area contributed by atoms with Crippen molar-refractivity contribution >= 4 is 22.6 Å². The molecule has 8 heteroatoms. The predicted molar refractivity (Wildman–Crippen MR) is 94.2 cm³/mol. The number of ether oxygens (including phenoxy) is 3. The molecule has 0 spiro atoms. The Balaban J connectivity index is 1.86. The van der Waals surface area contributed by atoms with Crippen LogP contribution in [0, 0.1) is 5.92 Å². The number of hydrogen-bond donors (Lipinski definition) is 2. The van der Waals surface area contributed by atoms with Crippen molar-refractivity contribution in [3.63, 3.8) is 0 Å². The first-order valence-corrected chi connectivity index (χ1v) is 8.21. The highest BCUT2D eigenvalue weighted by atomic mass is 16.5. The molecule has 1 saturated heterocycles. The van der Waals surface area contributed by atoms with Crippen molar-refractivity contribution < 1.29 is 23.8 Å². The Kier molecular flexibility index (Phi) is 5.22. The molecule has 1 aromatic carbocycles. The first-order chi connectivity index (χ1) is 12.5. The van der Waals surface area contributed by atoms with Gasteiger partial charge >= 0.3 is 0 Å². The summed E-state index contributed by atoms with van der Waals surface area (Å²) >= 11 is 0. The number of nitrogens with two attached hydrogens (primary N) is 1. The van der Waals surface area contributed by atoms with Gasteiger partial charge in [-0.3, -0.25) is 9.59 Å². The largest absolute Gasteiger partial charge is 0.496 e. The van der Waals surface area contributed by atoms with E-state index >= 15 is 0 Å². The van der Waals surface area contributed by atoms with E-state index in [1.165, 1.54) is 7.11 Å². The van der Waals surface area contributed by atoms with Gasteiger partial charge in [-0.25, -0.2) is 4.98 Å². The average molecular weight is 359 g/mol. The maximum atomic E-state index is 11.6. The van der Waals surface area contributed by atoms with Crippen LogP contribution >= 0.6 is 0 Å². The van der Waals surface area contributed by atoms with Crippen LogP contribution in [0.5, 0.6) is 11.6 Å². The molecule has 8 nitrogen and oxygen atoms in total. The second kappa shape index (κ2) is 7.57. The van der Waals surface area contributed by atoms with Crippen LogP contribution in [0.15, 0.2) is 24.4 Å². The first kappa shape index (κ1) is 17.9. The van der Waals surface area contributed by atoms with E-state index in [0.717, 1.165) is 5.39 Å². The van der Waals surface area contributed by atoms with Crippen molar-refractivity contribution in [2.45, 2.75) is 12.5 Å². The van der Waals surface area contributed by atoms with Gasteiger partial charge in [0, 0.05) is 31.0 Å². The molecule has 26 heavy (non-hydrogen) atoms. The van der Waals surface area contributed by atoms with Crippen LogP contribution in [0.4, 0.5) is 0 Å². The van der Waals surface area contributed by atoms with Gasteiger partial charge in [0.1, 0.15) is 12.4 Å². The zero-order chi connectivity index (χ0) is 18.7. The van der Waals surface area contributed by atoms with Crippen LogP contribution in [-0.4, -0.2) is 50.3 Å². The van der Waals surface area contributed by atoms with Gasteiger partial charge in [0.25, 0.3) is 5.91 Å². The molecule has 0 aliphatic carbocycles. The lowest BCUT2D eigenvalue weighted by Crippen LogP contribution is -2.36. The molecular formula is C18H21N3O5. The number of fused-ring (bicyclic) bond motifs is 1. The quantitative estimate of drug-likeness (QED) is 0.758. The van der Waals surface area contributed by atoms with Crippen LogP contribution in [0.1, 0.15) is 16.8 Å². The number of nitrogens with zero attached hydrogens (tertiary/aromatic N) is 1. The fourth-order valence-corrected chi connectivity index (χ4v) is 3.15. The summed E-state index contributed by atoms with van der Waals surface area (Å²) in [4.78, 5) is 27.5. The van der Waals surface area contributed by atoms with Gasteiger partial charge in [-0.15, -0.1) is 0 Å². The highest BCUT2D eigenvalue weighted by molar-refractivity contribution is 6.01. The maximum absolute atomic E-state index is 11.6. The molecule has 1 aromatic heterocycles. The molecule has 0 radical (unpaired) electrons. The van der Waals surface area contributed by atoms with E-state index in [0.29, 0.717) is 35.6 Å². The number of amides is 2. The minimum absolute atomic E-state index is 0.0145. The van der Waals surface area contributed by atoms with Crippen LogP contribution in [0.3, 0.4) is 0 Å². The van der Waals surface area contributed by atoms with E-state index in [2.05, 4.69) is 10.3 Å². The summed E-state index contributed by atoms with van der Waals surface area (Å²) in [5.74, 6) is 0.222. The van der Waals surface area contributed by atoms with Gasteiger partial charge in [-0.1, -0.05) is 0 Å². The van der Waals surface area contributed by atoms with E-state index < -0.39 is 5.91 Å². The molecule has 1 aliphatic heterocycles. The second-order valence-corrected chi connectivity index (χ2v) is 6.16. The number of primary amides is 1. The van der Waals surface area contributed by atoms with Gasteiger partial charge in [-0.05, 0) is 23.6 Å². The Morgan fingerprint density at radius 2 is 2.15 bits per heavy atom. The molecule has 0 saturated carbocycles. The highest BCUT2D eigenvalue weighted by Gasteiger charge is 2.33. The Morgan fingerprint density at radius 3 is 2.85 bits per heavy atom. The Morgan fingerprint density at radius 1 is 1.35 bits per heavy atom. The molecule has 2 heterocycles. The summed E-state index contributed by atoms with van der Waals surface area (Å²) in [7, 11) is 3.07. The smallest absolute Gasteiger partial charge is 0.252 e. The summed E-state index contributed by atoms with van der Waals surface area (Å²) < 4.78 is 16.3. The molecule has 3 N–H and O–H groups in total. The third kappa shape index (κ3) is 3.55. The summed E-state index contributed by atoms with van der Waals surface area (Å²) in [6.07, 6.45) is 2.01. The summed E-state index contributed by atoms with van der Waals surface area (Å²) in [6, 6.07) is 4.94. The molecule has 2 amide bonds. The SMILES string of the molecule is COC[C@@H]1CC(=O)N[C@@H]1COc1nccc2cc(C(N)=O)c(OC)cc12. The minimum atomic E-state index is -0.570. The van der Waals surface area contributed by atoms with E-state index in [9.17, 15) is 9.59 Å². The van der Waals surface area contributed by atoms with E-state index in [4.69, 9.17) is 19.9 Å². The Labute approximate surface area is 150 Å². The lowest BCUT2D eigenvalue weighted by molar-refractivity contribution is -0.119. The van der Waals surface area contributed by atoms with Gasteiger partial charge in [0.2, 0.25) is 11.8 Å². The Hall–Kier alpha value is -2.87. The van der Waals surface area contributed by atoms with Crippen molar-refractivity contribution in [1.82, 2.24) is 10.3 Å². The van der Waals surface area contributed by atoms with Gasteiger partial charge < -0.3 is 25.3 Å². The Bertz CT molecular complexity index is 839. The molecule has 0 bridgehead atoms. The molecule has 2 aromatic rings. The maximum Gasteiger partial charge on any atom is 0.252 e. The number of benzene rings is 1. The van der Waals surface area contributed by atoms with Crippen molar-refractivity contribution in [2.24, 2.45) is 11.7 Å². The molecule has 138 valence electrons. The van der Waals surface area contributed by atoms with E-state index in [-0.39, 0.29) is 24.5 Å². The van der Waals surface area contributed by atoms with Crippen LogP contribution in [-0.2, 0) is 9.53 Å². The number of aromatic nitrogens is 1. The number of pyridine rings is 1. The number of nitrogens with one attached hydrogen (secondary N) is 1. The molecular weight excluding hydrogens is 338 g/mol. The number of methoxy groups -OCH3 is 2.